The lowest BCUT2D eigenvalue weighted by molar-refractivity contribution is 0.0696. The summed E-state index contributed by atoms with van der Waals surface area (Å²) in [6.07, 6.45) is 5.45. The van der Waals surface area contributed by atoms with E-state index in [4.69, 9.17) is 0 Å². The topological polar surface area (TPSA) is 49.3 Å². The third-order valence-corrected chi connectivity index (χ3v) is 5.37. The highest BCUT2D eigenvalue weighted by Crippen LogP contribution is 2.49. The first-order valence-electron chi connectivity index (χ1n) is 7.69. The summed E-state index contributed by atoms with van der Waals surface area (Å²) in [7, 11) is 0. The van der Waals surface area contributed by atoms with Gasteiger partial charge in [0, 0.05) is 16.1 Å². The Labute approximate surface area is 143 Å². The van der Waals surface area contributed by atoms with E-state index in [9.17, 15) is 9.90 Å². The molecule has 0 spiro atoms. The second kappa shape index (κ2) is 5.53. The molecule has 2 aromatic rings. The fraction of sp³-hybridized carbons (Fsp3) is 0.211. The van der Waals surface area contributed by atoms with Gasteiger partial charge in [-0.1, -0.05) is 40.2 Å². The van der Waals surface area contributed by atoms with Crippen molar-refractivity contribution in [1.82, 2.24) is 0 Å². The Morgan fingerprint density at radius 3 is 2.70 bits per heavy atom. The summed E-state index contributed by atoms with van der Waals surface area (Å²) in [6, 6.07) is 14.1. The largest absolute Gasteiger partial charge is 0.478 e. The predicted molar refractivity (Wildman–Crippen MR) is 93.9 cm³/mol. The number of nitrogens with one attached hydrogen (secondary N) is 1. The van der Waals surface area contributed by atoms with Crippen molar-refractivity contribution in [3.63, 3.8) is 0 Å². The number of fused-ring (bicyclic) bond motifs is 3. The van der Waals surface area contributed by atoms with E-state index in [1.54, 1.807) is 6.07 Å². The van der Waals surface area contributed by atoms with Crippen LogP contribution >= 0.6 is 15.9 Å². The number of carboxylic acids is 1. The molecule has 1 heterocycles. The third-order valence-electron chi connectivity index (χ3n) is 4.84. The summed E-state index contributed by atoms with van der Waals surface area (Å²) in [5.41, 5.74) is 3.75. The summed E-state index contributed by atoms with van der Waals surface area (Å²) in [6.45, 7) is 0. The zero-order chi connectivity index (χ0) is 16.0. The number of benzene rings is 2. The van der Waals surface area contributed by atoms with E-state index in [-0.39, 0.29) is 12.0 Å². The molecule has 0 aromatic heterocycles. The van der Waals surface area contributed by atoms with Gasteiger partial charge in [0.2, 0.25) is 0 Å². The molecule has 0 radical (unpaired) electrons. The zero-order valence-electron chi connectivity index (χ0n) is 12.4. The molecule has 0 unspecified atom stereocenters. The number of carbonyl (C=O) groups is 1. The molecule has 0 fully saturated rings. The molecule has 23 heavy (non-hydrogen) atoms. The SMILES string of the molecule is O=C(O)c1ccc2c(c1)[C@@H]1C=CC[C@@H]1[C@@H](c1ccc(Br)cc1)N2. The van der Waals surface area contributed by atoms with Gasteiger partial charge in [-0.25, -0.2) is 4.79 Å². The van der Waals surface area contributed by atoms with Crippen LogP contribution in [-0.4, -0.2) is 11.1 Å². The van der Waals surface area contributed by atoms with Crippen LogP contribution in [0.15, 0.2) is 59.1 Å². The van der Waals surface area contributed by atoms with E-state index in [0.29, 0.717) is 11.5 Å². The lowest BCUT2D eigenvalue weighted by Gasteiger charge is -2.37. The summed E-state index contributed by atoms with van der Waals surface area (Å²) in [5.74, 6) is -0.173. The van der Waals surface area contributed by atoms with Crippen LogP contribution in [-0.2, 0) is 0 Å². The highest BCUT2D eigenvalue weighted by molar-refractivity contribution is 9.10. The normalized spacial score (nSPS) is 24.7. The first kappa shape index (κ1) is 14.5. The van der Waals surface area contributed by atoms with E-state index >= 15 is 0 Å². The van der Waals surface area contributed by atoms with Gasteiger partial charge in [-0.2, -0.15) is 0 Å². The number of allylic oxidation sites excluding steroid dienone is 2. The minimum Gasteiger partial charge on any atom is -0.478 e. The monoisotopic (exact) mass is 369 g/mol. The van der Waals surface area contributed by atoms with Gasteiger partial charge in [0.1, 0.15) is 0 Å². The molecule has 0 amide bonds. The Kier molecular flexibility index (Phi) is 3.49. The quantitative estimate of drug-likeness (QED) is 0.734. The second-order valence-electron chi connectivity index (χ2n) is 6.13. The van der Waals surface area contributed by atoms with Gasteiger partial charge in [-0.3, -0.25) is 0 Å². The molecular weight excluding hydrogens is 354 g/mol. The Morgan fingerprint density at radius 2 is 1.96 bits per heavy atom. The second-order valence-corrected chi connectivity index (χ2v) is 7.05. The highest BCUT2D eigenvalue weighted by Gasteiger charge is 2.38. The molecule has 1 aliphatic carbocycles. The van der Waals surface area contributed by atoms with Crippen molar-refractivity contribution in [2.45, 2.75) is 18.4 Å². The molecule has 0 saturated carbocycles. The fourth-order valence-electron chi connectivity index (χ4n) is 3.73. The molecule has 2 N–H and O–H groups in total. The van der Waals surface area contributed by atoms with Crippen LogP contribution in [0.5, 0.6) is 0 Å². The number of carboxylic acid groups (broad SMARTS) is 1. The van der Waals surface area contributed by atoms with Gasteiger partial charge < -0.3 is 10.4 Å². The summed E-state index contributed by atoms with van der Waals surface area (Å²) >= 11 is 3.48. The van der Waals surface area contributed by atoms with Crippen LogP contribution in [0.2, 0.25) is 0 Å². The van der Waals surface area contributed by atoms with Gasteiger partial charge in [-0.15, -0.1) is 0 Å². The molecule has 4 heteroatoms. The lowest BCUT2D eigenvalue weighted by Crippen LogP contribution is -2.29. The maximum atomic E-state index is 11.3. The smallest absolute Gasteiger partial charge is 0.335 e. The molecule has 0 bridgehead atoms. The molecule has 1 aliphatic heterocycles. The molecule has 3 nitrogen and oxygen atoms in total. The molecule has 116 valence electrons. The Balaban J connectivity index is 1.77. The van der Waals surface area contributed by atoms with Crippen molar-refractivity contribution in [3.05, 3.63) is 75.8 Å². The Bertz CT molecular complexity index is 798. The molecule has 2 aromatic carbocycles. The lowest BCUT2D eigenvalue weighted by atomic mass is 9.76. The highest BCUT2D eigenvalue weighted by atomic mass is 79.9. The van der Waals surface area contributed by atoms with Crippen molar-refractivity contribution in [2.75, 3.05) is 5.32 Å². The van der Waals surface area contributed by atoms with Crippen LogP contribution < -0.4 is 5.32 Å². The predicted octanol–water partition coefficient (Wildman–Crippen LogP) is 4.97. The zero-order valence-corrected chi connectivity index (χ0v) is 14.0. The minimum atomic E-state index is -0.874. The van der Waals surface area contributed by atoms with Crippen molar-refractivity contribution >= 4 is 27.6 Å². The summed E-state index contributed by atoms with van der Waals surface area (Å²) < 4.78 is 1.07. The molecule has 2 aliphatic rings. The van der Waals surface area contributed by atoms with Crippen LogP contribution in [0.1, 0.15) is 39.9 Å². The first-order valence-corrected chi connectivity index (χ1v) is 8.48. The summed E-state index contributed by atoms with van der Waals surface area (Å²) in [4.78, 5) is 11.3. The average molecular weight is 370 g/mol. The number of rotatable bonds is 2. The Morgan fingerprint density at radius 1 is 1.17 bits per heavy atom. The number of hydrogen-bond acceptors (Lipinski definition) is 2. The minimum absolute atomic E-state index is 0.242. The molecule has 0 saturated heterocycles. The van der Waals surface area contributed by atoms with Gasteiger partial charge >= 0.3 is 5.97 Å². The van der Waals surface area contributed by atoms with Crippen LogP contribution in [0.4, 0.5) is 5.69 Å². The third kappa shape index (κ3) is 2.47. The van der Waals surface area contributed by atoms with E-state index in [1.807, 2.05) is 12.1 Å². The molecule has 3 atom stereocenters. The molecular formula is C19H16BrNO2. The van der Waals surface area contributed by atoms with Gasteiger partial charge in [-0.05, 0) is 53.8 Å². The number of anilines is 1. The van der Waals surface area contributed by atoms with E-state index < -0.39 is 5.97 Å². The van der Waals surface area contributed by atoms with Crippen molar-refractivity contribution < 1.29 is 9.90 Å². The fourth-order valence-corrected chi connectivity index (χ4v) is 3.99. The van der Waals surface area contributed by atoms with Gasteiger partial charge in [0.05, 0.1) is 11.6 Å². The van der Waals surface area contributed by atoms with Crippen LogP contribution in [0.3, 0.4) is 0 Å². The van der Waals surface area contributed by atoms with E-state index in [2.05, 4.69) is 57.7 Å². The standard InChI is InChI=1S/C19H16BrNO2/c20-13-7-4-11(5-8-13)18-15-3-1-2-14(15)16-10-12(19(22)23)6-9-17(16)21-18/h1-2,4-10,14-15,18,21H,3H2,(H,22,23)/t14-,15+,18-/m1/s1. The van der Waals surface area contributed by atoms with Crippen LogP contribution in [0.25, 0.3) is 0 Å². The van der Waals surface area contributed by atoms with E-state index in [1.165, 1.54) is 5.56 Å². The number of halogens is 1. The van der Waals surface area contributed by atoms with Crippen molar-refractivity contribution in [3.8, 4) is 0 Å². The average Bonchev–Trinajstić information content (AvgIpc) is 3.04. The summed E-state index contributed by atoms with van der Waals surface area (Å²) in [5, 5.41) is 12.9. The van der Waals surface area contributed by atoms with E-state index in [0.717, 1.165) is 22.1 Å². The maximum Gasteiger partial charge on any atom is 0.335 e. The maximum absolute atomic E-state index is 11.3. The number of aromatic carboxylic acids is 1. The van der Waals surface area contributed by atoms with Gasteiger partial charge in [0.25, 0.3) is 0 Å². The van der Waals surface area contributed by atoms with Crippen LogP contribution in [0, 0.1) is 5.92 Å². The van der Waals surface area contributed by atoms with Crippen molar-refractivity contribution in [1.29, 1.82) is 0 Å². The molecule has 4 rings (SSSR count). The van der Waals surface area contributed by atoms with Gasteiger partial charge in [0.15, 0.2) is 0 Å². The number of hydrogen-bond donors (Lipinski definition) is 2. The first-order chi connectivity index (χ1) is 11.1. The Hall–Kier alpha value is -2.07. The van der Waals surface area contributed by atoms with Crippen molar-refractivity contribution in [2.24, 2.45) is 5.92 Å².